The summed E-state index contributed by atoms with van der Waals surface area (Å²) in [5, 5.41) is 8.27. The molecule has 0 saturated heterocycles. The van der Waals surface area contributed by atoms with Gasteiger partial charge < -0.3 is 5.11 Å². The van der Waals surface area contributed by atoms with E-state index >= 15 is 0 Å². The summed E-state index contributed by atoms with van der Waals surface area (Å²) in [5.74, 6) is -0.670. The third kappa shape index (κ3) is 7.47. The van der Waals surface area contributed by atoms with Gasteiger partial charge in [-0.1, -0.05) is 32.6 Å². The monoisotopic (exact) mass is 143 g/mol. The van der Waals surface area contributed by atoms with Crippen LogP contribution in [0.25, 0.3) is 0 Å². The van der Waals surface area contributed by atoms with Crippen molar-refractivity contribution in [3.63, 3.8) is 0 Å². The molecule has 2 nitrogen and oxygen atoms in total. The quantitative estimate of drug-likeness (QED) is 0.580. The summed E-state index contributed by atoms with van der Waals surface area (Å²) in [6.45, 7) is 2.15. The first-order valence-electron chi connectivity index (χ1n) is 3.99. The van der Waals surface area contributed by atoms with Gasteiger partial charge in [0.15, 0.2) is 0 Å². The van der Waals surface area contributed by atoms with Crippen LogP contribution in [0.3, 0.4) is 0 Å². The molecule has 0 unspecified atom stereocenters. The zero-order valence-electron chi connectivity index (χ0n) is 6.60. The van der Waals surface area contributed by atoms with Gasteiger partial charge in [0.1, 0.15) is 0 Å². The zero-order chi connectivity index (χ0) is 7.82. The number of carboxylic acids is 1. The van der Waals surface area contributed by atoms with Gasteiger partial charge in [-0.2, -0.15) is 0 Å². The molecular weight excluding hydrogens is 127 g/mol. The number of unbranched alkanes of at least 4 members (excludes halogenated alkanes) is 4. The largest absolute Gasteiger partial charge is 0.481 e. The summed E-state index contributed by atoms with van der Waals surface area (Å²) in [5.41, 5.74) is 0. The van der Waals surface area contributed by atoms with Gasteiger partial charge in [0.2, 0.25) is 0 Å². The van der Waals surface area contributed by atoms with E-state index in [1.54, 1.807) is 0 Å². The molecule has 0 heterocycles. The Morgan fingerprint density at radius 1 is 1.20 bits per heavy atom. The fourth-order valence-corrected chi connectivity index (χ4v) is 0.880. The van der Waals surface area contributed by atoms with Crippen molar-refractivity contribution in [2.24, 2.45) is 0 Å². The van der Waals surface area contributed by atoms with Gasteiger partial charge in [-0.05, 0) is 6.42 Å². The second-order valence-electron chi connectivity index (χ2n) is 2.56. The molecule has 0 aliphatic heterocycles. The second kappa shape index (κ2) is 6.59. The van der Waals surface area contributed by atoms with E-state index in [9.17, 15) is 4.79 Å². The van der Waals surface area contributed by atoms with Crippen LogP contribution in [0, 0.1) is 0 Å². The molecule has 0 aromatic rings. The van der Waals surface area contributed by atoms with Gasteiger partial charge >= 0.3 is 5.97 Å². The van der Waals surface area contributed by atoms with Gasteiger partial charge in [-0.25, -0.2) is 0 Å². The summed E-state index contributed by atoms with van der Waals surface area (Å²) in [6, 6.07) is 0. The molecule has 10 heavy (non-hydrogen) atoms. The van der Waals surface area contributed by atoms with Gasteiger partial charge in [0, 0.05) is 6.42 Å². The second-order valence-corrected chi connectivity index (χ2v) is 2.56. The molecular formula is C8H16O2. The first kappa shape index (κ1) is 9.47. The van der Waals surface area contributed by atoms with Crippen LogP contribution in [-0.2, 0) is 4.79 Å². The predicted octanol–water partition coefficient (Wildman–Crippen LogP) is 2.43. The molecule has 0 aliphatic rings. The van der Waals surface area contributed by atoms with Crippen LogP contribution in [-0.4, -0.2) is 11.1 Å². The Morgan fingerprint density at radius 3 is 2.30 bits per heavy atom. The molecule has 0 spiro atoms. The number of rotatable bonds is 6. The van der Waals surface area contributed by atoms with E-state index in [2.05, 4.69) is 6.92 Å². The lowest BCUT2D eigenvalue weighted by atomic mass is 10.0. The highest BCUT2D eigenvalue weighted by Crippen LogP contribution is 2.04. The maximum absolute atomic E-state index is 10.0. The molecule has 0 aromatic carbocycles. The number of aliphatic carboxylic acids is 1. The highest BCUT2D eigenvalue weighted by Gasteiger charge is 1.94. The van der Waals surface area contributed by atoms with Crippen molar-refractivity contribution in [1.82, 2.24) is 0 Å². The molecule has 0 amide bonds. The summed E-state index contributed by atoms with van der Waals surface area (Å²) in [7, 11) is 0. The standard InChI is InChI=1S/C8H16O2/c1-2-3-4-5-6-7-8(9)10/h2-7H2,1H3,(H,9,10)/i1-1. The van der Waals surface area contributed by atoms with Crippen molar-refractivity contribution in [2.45, 2.75) is 45.4 Å². The van der Waals surface area contributed by atoms with E-state index in [1.807, 2.05) is 0 Å². The normalized spacial score (nSPS) is 9.70. The zero-order valence-corrected chi connectivity index (χ0v) is 6.60. The Hall–Kier alpha value is -0.530. The average Bonchev–Trinajstić information content (AvgIpc) is 1.87. The lowest BCUT2D eigenvalue weighted by molar-refractivity contribution is -0.137. The molecule has 0 aromatic heterocycles. The number of carboxylic acid groups (broad SMARTS) is 1. The number of carbonyl (C=O) groups is 1. The third-order valence-corrected chi connectivity index (χ3v) is 1.49. The summed E-state index contributed by atoms with van der Waals surface area (Å²) in [4.78, 5) is 10.0. The van der Waals surface area contributed by atoms with Crippen molar-refractivity contribution in [1.29, 1.82) is 0 Å². The SMILES string of the molecule is [11CH3]CCCCCCC(=O)O. The van der Waals surface area contributed by atoms with Crippen LogP contribution >= 0.6 is 0 Å². The third-order valence-electron chi connectivity index (χ3n) is 1.49. The number of hydrogen-bond acceptors (Lipinski definition) is 1. The van der Waals surface area contributed by atoms with E-state index < -0.39 is 5.97 Å². The maximum Gasteiger partial charge on any atom is 0.303 e. The van der Waals surface area contributed by atoms with E-state index in [1.165, 1.54) is 19.3 Å². The minimum absolute atomic E-state index is 0.337. The molecule has 2 heteroatoms. The van der Waals surface area contributed by atoms with Crippen LogP contribution in [0.4, 0.5) is 0 Å². The molecule has 0 rings (SSSR count). The topological polar surface area (TPSA) is 37.3 Å². The Balaban J connectivity index is 2.84. The minimum Gasteiger partial charge on any atom is -0.481 e. The fourth-order valence-electron chi connectivity index (χ4n) is 0.880. The molecule has 60 valence electrons. The molecule has 0 saturated carbocycles. The van der Waals surface area contributed by atoms with Crippen molar-refractivity contribution in [3.8, 4) is 0 Å². The molecule has 1 N–H and O–H groups in total. The summed E-state index contributed by atoms with van der Waals surface area (Å²) in [6.07, 6.45) is 5.88. The van der Waals surface area contributed by atoms with Crippen molar-refractivity contribution >= 4 is 5.97 Å². The number of hydrogen-bond donors (Lipinski definition) is 1. The molecule has 0 radical (unpaired) electrons. The summed E-state index contributed by atoms with van der Waals surface area (Å²) < 4.78 is 0. The van der Waals surface area contributed by atoms with Gasteiger partial charge in [0.05, 0.1) is 0 Å². The first-order valence-corrected chi connectivity index (χ1v) is 3.99. The van der Waals surface area contributed by atoms with Crippen LogP contribution in [0.15, 0.2) is 0 Å². The first-order chi connectivity index (χ1) is 4.77. The van der Waals surface area contributed by atoms with Crippen LogP contribution in [0.1, 0.15) is 45.4 Å². The molecule has 0 aliphatic carbocycles. The van der Waals surface area contributed by atoms with E-state index in [0.717, 1.165) is 12.8 Å². The Kier molecular flexibility index (Phi) is 6.24. The molecule has 0 fully saturated rings. The summed E-state index contributed by atoms with van der Waals surface area (Å²) >= 11 is 0. The molecule has 0 atom stereocenters. The van der Waals surface area contributed by atoms with Crippen molar-refractivity contribution in [2.75, 3.05) is 0 Å². The highest BCUT2D eigenvalue weighted by molar-refractivity contribution is 5.66. The smallest absolute Gasteiger partial charge is 0.303 e. The van der Waals surface area contributed by atoms with Crippen LogP contribution < -0.4 is 0 Å². The Morgan fingerprint density at radius 2 is 1.80 bits per heavy atom. The minimum atomic E-state index is -0.670. The lowest BCUT2D eigenvalue weighted by Gasteiger charge is -1.95. The molecule has 0 bridgehead atoms. The van der Waals surface area contributed by atoms with Gasteiger partial charge in [-0.3, -0.25) is 4.79 Å². The van der Waals surface area contributed by atoms with Crippen LogP contribution in [0.5, 0.6) is 0 Å². The average molecular weight is 143 g/mol. The fraction of sp³-hybridized carbons (Fsp3) is 0.875. The van der Waals surface area contributed by atoms with Crippen LogP contribution in [0.2, 0.25) is 0 Å². The highest BCUT2D eigenvalue weighted by atomic mass is 16.4. The van der Waals surface area contributed by atoms with E-state index in [-0.39, 0.29) is 0 Å². The van der Waals surface area contributed by atoms with Gasteiger partial charge in [-0.15, -0.1) is 0 Å². The van der Waals surface area contributed by atoms with E-state index in [4.69, 9.17) is 5.11 Å². The Bertz CT molecular complexity index is 89.3. The van der Waals surface area contributed by atoms with Crippen molar-refractivity contribution < 1.29 is 9.90 Å². The maximum atomic E-state index is 10.0. The van der Waals surface area contributed by atoms with E-state index in [0.29, 0.717) is 6.42 Å². The predicted molar refractivity (Wildman–Crippen MR) is 41.0 cm³/mol. The van der Waals surface area contributed by atoms with Gasteiger partial charge in [0.25, 0.3) is 0 Å². The van der Waals surface area contributed by atoms with Crippen molar-refractivity contribution in [3.05, 3.63) is 0 Å². The lowest BCUT2D eigenvalue weighted by Crippen LogP contribution is -1.93. The Labute approximate surface area is 62.2 Å².